The van der Waals surface area contributed by atoms with Gasteiger partial charge in [-0.25, -0.2) is 9.97 Å². The zero-order valence-corrected chi connectivity index (χ0v) is 27.8. The Morgan fingerprint density at radius 2 is 1.32 bits per heavy atom. The van der Waals surface area contributed by atoms with Gasteiger partial charge in [-0.15, -0.1) is 11.3 Å². The maximum Gasteiger partial charge on any atom is 0.159 e. The molecule has 0 N–H and O–H groups in total. The highest BCUT2D eigenvalue weighted by atomic mass is 32.1. The molecule has 0 amide bonds. The highest BCUT2D eigenvalue weighted by Crippen LogP contribution is 2.43. The van der Waals surface area contributed by atoms with E-state index >= 15 is 0 Å². The van der Waals surface area contributed by atoms with Gasteiger partial charge in [-0.3, -0.25) is 0 Å². The molecule has 222 valence electrons. The third-order valence-electron chi connectivity index (χ3n) is 9.96. The Bertz CT molecular complexity index is 2720. The summed E-state index contributed by atoms with van der Waals surface area (Å²) in [6.07, 6.45) is 0. The minimum absolute atomic E-state index is 0.782. The number of fused-ring (bicyclic) bond motifs is 10. The maximum absolute atomic E-state index is 5.44. The van der Waals surface area contributed by atoms with Crippen molar-refractivity contribution in [2.24, 2.45) is 0 Å². The number of thiophene rings is 1. The Hall–Kier alpha value is -5.36. The van der Waals surface area contributed by atoms with Crippen molar-refractivity contribution in [3.8, 4) is 39.5 Å². The summed E-state index contributed by atoms with van der Waals surface area (Å²) in [5.41, 5.74) is 9.18. The van der Waals surface area contributed by atoms with Crippen LogP contribution in [-0.2, 0) is 0 Å². The molecule has 0 radical (unpaired) electrons. The van der Waals surface area contributed by atoms with Gasteiger partial charge in [0, 0.05) is 58.6 Å². The number of aromatic nitrogens is 3. The molecule has 0 spiro atoms. The van der Waals surface area contributed by atoms with Gasteiger partial charge >= 0.3 is 0 Å². The third-order valence-corrected chi connectivity index (χ3v) is 14.4. The lowest BCUT2D eigenvalue weighted by Crippen LogP contribution is -2.50. The molecule has 0 unspecified atom stereocenters. The molecule has 1 aliphatic heterocycles. The first-order valence-electron chi connectivity index (χ1n) is 16.1. The summed E-state index contributed by atoms with van der Waals surface area (Å²) >= 11 is 1.87. The van der Waals surface area contributed by atoms with Crippen LogP contribution in [0.25, 0.3) is 81.4 Å². The first-order chi connectivity index (χ1) is 23.1. The van der Waals surface area contributed by atoms with E-state index in [1.165, 1.54) is 63.6 Å². The number of nitrogens with zero attached hydrogens (tertiary/aromatic N) is 3. The summed E-state index contributed by atoms with van der Waals surface area (Å²) in [7, 11) is -2.05. The van der Waals surface area contributed by atoms with E-state index in [4.69, 9.17) is 9.97 Å². The van der Waals surface area contributed by atoms with Crippen molar-refractivity contribution in [3.63, 3.8) is 0 Å². The molecule has 9 aromatic rings. The molecule has 0 saturated heterocycles. The van der Waals surface area contributed by atoms with Crippen molar-refractivity contribution < 1.29 is 0 Å². The van der Waals surface area contributed by atoms with E-state index in [1.54, 1.807) is 0 Å². The zero-order chi connectivity index (χ0) is 31.3. The highest BCUT2D eigenvalue weighted by Gasteiger charge is 2.41. The summed E-state index contributed by atoms with van der Waals surface area (Å²) in [4.78, 5) is 10.8. The molecule has 0 saturated carbocycles. The van der Waals surface area contributed by atoms with Crippen molar-refractivity contribution in [1.82, 2.24) is 14.5 Å². The Kier molecular flexibility index (Phi) is 5.60. The number of rotatable bonds is 3. The Balaban J connectivity index is 1.23. The van der Waals surface area contributed by atoms with E-state index in [0.29, 0.717) is 0 Å². The largest absolute Gasteiger partial charge is 0.309 e. The normalized spacial score (nSPS) is 13.5. The second kappa shape index (κ2) is 9.82. The van der Waals surface area contributed by atoms with Gasteiger partial charge in [-0.05, 0) is 47.1 Å². The molecule has 0 aliphatic carbocycles. The van der Waals surface area contributed by atoms with Crippen molar-refractivity contribution in [2.45, 2.75) is 13.1 Å². The first kappa shape index (κ1) is 26.8. The average molecular weight is 636 g/mol. The summed E-state index contributed by atoms with van der Waals surface area (Å²) in [5.74, 6) is 0.782. The van der Waals surface area contributed by atoms with Crippen LogP contribution in [0.2, 0.25) is 13.1 Å². The summed E-state index contributed by atoms with van der Waals surface area (Å²) in [6, 6.07) is 50.5. The third kappa shape index (κ3) is 3.78. The molecule has 3 nitrogen and oxygen atoms in total. The molecule has 1 aliphatic rings. The van der Waals surface area contributed by atoms with Crippen molar-refractivity contribution in [1.29, 1.82) is 0 Å². The number of hydrogen-bond acceptors (Lipinski definition) is 3. The fourth-order valence-corrected chi connectivity index (χ4v) is 11.8. The average Bonchev–Trinajstić information content (AvgIpc) is 3.74. The fourth-order valence-electron chi connectivity index (χ4n) is 7.81. The molecular weight excluding hydrogens is 607 g/mol. The molecular formula is C42H29N3SSi. The standard InChI is InChI=1S/C42H29N3SSi/c1-47(2)36-22-11-8-19-31(36)39-40(26-13-4-3-5-14-26)43-41(44-42(39)47)27-15-12-16-28(25-27)45-32-20-9-6-17-29(32)37-33(45)23-24-35-38(37)30-18-7-10-21-34(30)46-35/h3-25H,1-2H3. The molecule has 0 bridgehead atoms. The van der Waals surface area contributed by atoms with E-state index < -0.39 is 8.07 Å². The number of para-hydroxylation sites is 1. The van der Waals surface area contributed by atoms with Gasteiger partial charge in [0.15, 0.2) is 5.82 Å². The predicted molar refractivity (Wildman–Crippen MR) is 202 cm³/mol. The van der Waals surface area contributed by atoms with Crippen LogP contribution in [-0.4, -0.2) is 22.6 Å². The zero-order valence-electron chi connectivity index (χ0n) is 26.0. The van der Waals surface area contributed by atoms with Gasteiger partial charge in [-0.2, -0.15) is 0 Å². The van der Waals surface area contributed by atoms with Crippen molar-refractivity contribution in [2.75, 3.05) is 0 Å². The van der Waals surface area contributed by atoms with Crippen molar-refractivity contribution in [3.05, 3.63) is 140 Å². The van der Waals surface area contributed by atoms with Gasteiger partial charge in [0.1, 0.15) is 8.07 Å². The van der Waals surface area contributed by atoms with Gasteiger partial charge in [-0.1, -0.05) is 116 Å². The Morgan fingerprint density at radius 3 is 2.21 bits per heavy atom. The second-order valence-corrected chi connectivity index (χ2v) is 18.3. The molecule has 0 atom stereocenters. The predicted octanol–water partition coefficient (Wildman–Crippen LogP) is 10.1. The van der Waals surface area contributed by atoms with Crippen LogP contribution in [0.1, 0.15) is 0 Å². The molecule has 4 heterocycles. The topological polar surface area (TPSA) is 30.7 Å². The highest BCUT2D eigenvalue weighted by molar-refractivity contribution is 7.26. The van der Waals surface area contributed by atoms with Gasteiger partial charge in [0.2, 0.25) is 0 Å². The van der Waals surface area contributed by atoms with Crippen LogP contribution in [0.3, 0.4) is 0 Å². The van der Waals surface area contributed by atoms with E-state index in [0.717, 1.165) is 28.3 Å². The van der Waals surface area contributed by atoms with Gasteiger partial charge in [0.25, 0.3) is 0 Å². The lowest BCUT2D eigenvalue weighted by Gasteiger charge is -2.19. The van der Waals surface area contributed by atoms with Crippen LogP contribution in [0, 0.1) is 0 Å². The number of benzene rings is 6. The van der Waals surface area contributed by atoms with Crippen LogP contribution >= 0.6 is 11.3 Å². The smallest absolute Gasteiger partial charge is 0.159 e. The van der Waals surface area contributed by atoms with Crippen molar-refractivity contribution >= 4 is 71.9 Å². The SMILES string of the molecule is C[Si]1(C)c2ccccc2-c2c(-c3ccccc3)nc(-c3cccc(-n4c5ccccc5c5c6c(ccc54)sc4ccccc46)c3)nc21. The van der Waals surface area contributed by atoms with Crippen LogP contribution in [0.15, 0.2) is 140 Å². The van der Waals surface area contributed by atoms with E-state index in [9.17, 15) is 0 Å². The molecule has 6 aromatic carbocycles. The first-order valence-corrected chi connectivity index (χ1v) is 19.9. The molecule has 10 rings (SSSR count). The fraction of sp³-hybridized carbons (Fsp3) is 0.0476. The van der Waals surface area contributed by atoms with Gasteiger partial charge in [0.05, 0.1) is 16.7 Å². The van der Waals surface area contributed by atoms with E-state index in [1.807, 2.05) is 11.3 Å². The van der Waals surface area contributed by atoms with Crippen LogP contribution in [0.5, 0.6) is 0 Å². The lowest BCUT2D eigenvalue weighted by atomic mass is 10.0. The number of hydrogen-bond donors (Lipinski definition) is 0. The second-order valence-electron chi connectivity index (χ2n) is 13.0. The van der Waals surface area contributed by atoms with Crippen LogP contribution in [0.4, 0.5) is 0 Å². The summed E-state index contributed by atoms with van der Waals surface area (Å²) in [6.45, 7) is 4.85. The molecule has 0 fully saturated rings. The minimum atomic E-state index is -2.05. The summed E-state index contributed by atoms with van der Waals surface area (Å²) < 4.78 is 5.06. The quantitative estimate of drug-likeness (QED) is 0.181. The minimum Gasteiger partial charge on any atom is -0.309 e. The van der Waals surface area contributed by atoms with Crippen LogP contribution < -0.4 is 10.5 Å². The maximum atomic E-state index is 5.44. The monoisotopic (exact) mass is 635 g/mol. The summed E-state index contributed by atoms with van der Waals surface area (Å²) in [5, 5.41) is 7.90. The molecule has 3 aromatic heterocycles. The Labute approximate surface area is 277 Å². The molecule has 5 heteroatoms. The molecule has 47 heavy (non-hydrogen) atoms. The van der Waals surface area contributed by atoms with E-state index in [-0.39, 0.29) is 0 Å². The van der Waals surface area contributed by atoms with Gasteiger partial charge < -0.3 is 4.57 Å². The Morgan fingerprint density at radius 1 is 0.574 bits per heavy atom. The van der Waals surface area contributed by atoms with E-state index in [2.05, 4.69) is 157 Å². The lowest BCUT2D eigenvalue weighted by molar-refractivity contribution is 1.17.